The molecule has 0 radical (unpaired) electrons. The van der Waals surface area contributed by atoms with Crippen molar-refractivity contribution in [2.24, 2.45) is 0 Å². The first kappa shape index (κ1) is 16.3. The lowest BCUT2D eigenvalue weighted by molar-refractivity contribution is -0.515. The van der Waals surface area contributed by atoms with Crippen LogP contribution in [-0.4, -0.2) is 50.9 Å². The number of alkyl halides is 1. The number of rotatable bonds is 2. The quantitative estimate of drug-likeness (QED) is 0.410. The minimum atomic E-state index is -2.85. The van der Waals surface area contributed by atoms with Crippen LogP contribution in [0.1, 0.15) is 13.8 Å². The summed E-state index contributed by atoms with van der Waals surface area (Å²) < 4.78 is 26.4. The van der Waals surface area contributed by atoms with E-state index in [9.17, 15) is 8.42 Å². The Hall–Kier alpha value is 1.28. The molecule has 2 aliphatic rings. The van der Waals surface area contributed by atoms with Crippen molar-refractivity contribution in [1.82, 2.24) is 0 Å². The molecule has 2 fully saturated rings. The van der Waals surface area contributed by atoms with Gasteiger partial charge in [-0.15, -0.1) is 0 Å². The molecular formula is C9H15Br2NO2S3. The highest BCUT2D eigenvalue weighted by Gasteiger charge is 2.57. The second kappa shape index (κ2) is 5.73. The standard InChI is InChI=1S/C9H15BrNO2S3.BrH/c1-3-11(4-2)8-14-7-5-16(12,13)6-9(7,10)15-8;/h7H,3-6H2,1-2H3;1H/q+1;/p-1/t7?,9-;/m1./s1. The first-order valence-electron chi connectivity index (χ1n) is 5.27. The van der Waals surface area contributed by atoms with Crippen molar-refractivity contribution in [3.8, 4) is 0 Å². The molecule has 2 heterocycles. The van der Waals surface area contributed by atoms with Crippen LogP contribution < -0.4 is 17.0 Å². The molecule has 0 bridgehead atoms. The van der Waals surface area contributed by atoms with E-state index in [0.717, 1.165) is 13.1 Å². The second-order valence-electron chi connectivity index (χ2n) is 3.99. The molecule has 0 aromatic carbocycles. The van der Waals surface area contributed by atoms with Crippen molar-refractivity contribution in [1.29, 1.82) is 0 Å². The lowest BCUT2D eigenvalue weighted by Gasteiger charge is -2.13. The van der Waals surface area contributed by atoms with E-state index in [-0.39, 0.29) is 31.6 Å². The molecule has 0 aromatic heterocycles. The Morgan fingerprint density at radius 1 is 1.47 bits per heavy atom. The predicted molar refractivity (Wildman–Crippen MR) is 75.6 cm³/mol. The van der Waals surface area contributed by atoms with Gasteiger partial charge in [-0.1, -0.05) is 15.9 Å². The summed E-state index contributed by atoms with van der Waals surface area (Å²) in [6.07, 6.45) is 0. The fraction of sp³-hybridized carbons (Fsp3) is 0.889. The van der Waals surface area contributed by atoms with Crippen molar-refractivity contribution in [2.75, 3.05) is 24.6 Å². The Kier molecular flexibility index (Phi) is 5.50. The van der Waals surface area contributed by atoms with Gasteiger partial charge in [0.2, 0.25) is 0 Å². The number of nitrogens with zero attached hydrogens (tertiary/aromatic N) is 1. The number of fused-ring (bicyclic) bond motifs is 1. The largest absolute Gasteiger partial charge is 1.00 e. The summed E-state index contributed by atoms with van der Waals surface area (Å²) in [5.41, 5.74) is 0. The Labute approximate surface area is 130 Å². The van der Waals surface area contributed by atoms with Crippen LogP contribution in [0.3, 0.4) is 0 Å². The second-order valence-corrected chi connectivity index (χ2v) is 10.8. The van der Waals surface area contributed by atoms with Gasteiger partial charge < -0.3 is 17.0 Å². The first-order valence-corrected chi connectivity index (χ1v) is 9.58. The van der Waals surface area contributed by atoms with Crippen molar-refractivity contribution in [3.63, 3.8) is 0 Å². The van der Waals surface area contributed by atoms with Gasteiger partial charge in [0.1, 0.15) is 16.7 Å². The molecule has 100 valence electrons. The summed E-state index contributed by atoms with van der Waals surface area (Å²) in [7, 11) is -2.85. The molecule has 0 saturated carbocycles. The maximum absolute atomic E-state index is 11.6. The van der Waals surface area contributed by atoms with E-state index in [0.29, 0.717) is 5.75 Å². The van der Waals surface area contributed by atoms with Crippen molar-refractivity contribution < 1.29 is 30.0 Å². The number of thioether (sulfide) groups is 2. The molecular weight excluding hydrogens is 410 g/mol. The number of hydrogen-bond acceptors (Lipinski definition) is 4. The monoisotopic (exact) mass is 423 g/mol. The third-order valence-corrected chi connectivity index (χ3v) is 10.1. The van der Waals surface area contributed by atoms with E-state index >= 15 is 0 Å². The van der Waals surface area contributed by atoms with Gasteiger partial charge in [0.15, 0.2) is 9.84 Å². The maximum atomic E-state index is 11.6. The summed E-state index contributed by atoms with van der Waals surface area (Å²) in [6.45, 7) is 6.22. The number of sulfone groups is 1. The van der Waals surface area contributed by atoms with E-state index in [1.54, 1.807) is 23.5 Å². The Bertz CT molecular complexity index is 432. The van der Waals surface area contributed by atoms with Crippen molar-refractivity contribution >= 4 is 53.7 Å². The van der Waals surface area contributed by atoms with Gasteiger partial charge in [-0.2, -0.15) is 0 Å². The van der Waals surface area contributed by atoms with E-state index in [2.05, 4.69) is 34.4 Å². The van der Waals surface area contributed by atoms with E-state index in [1.165, 1.54) is 4.38 Å². The summed E-state index contributed by atoms with van der Waals surface area (Å²) in [5.74, 6) is 0.563. The van der Waals surface area contributed by atoms with Gasteiger partial charge in [-0.05, 0) is 37.4 Å². The van der Waals surface area contributed by atoms with Crippen LogP contribution in [0.5, 0.6) is 0 Å². The SMILES string of the molecule is CC[N+](CC)=C1SC2CS(=O)(=O)C[C@@]2(Br)S1.[Br-]. The van der Waals surface area contributed by atoms with Crippen molar-refractivity contribution in [2.45, 2.75) is 22.8 Å². The molecule has 0 amide bonds. The average molecular weight is 425 g/mol. The molecule has 0 spiro atoms. The zero-order chi connectivity index (χ0) is 12.0. The molecule has 2 atom stereocenters. The molecule has 0 aromatic rings. The Balaban J connectivity index is 0.00000144. The van der Waals surface area contributed by atoms with Crippen LogP contribution in [0, 0.1) is 0 Å². The van der Waals surface area contributed by atoms with Crippen LogP contribution in [-0.2, 0) is 9.84 Å². The maximum Gasteiger partial charge on any atom is 0.271 e. The summed E-state index contributed by atoms with van der Waals surface area (Å²) in [6, 6.07) is 0. The summed E-state index contributed by atoms with van der Waals surface area (Å²) in [4.78, 5) is 0. The number of hydrogen-bond donors (Lipinski definition) is 0. The lowest BCUT2D eigenvalue weighted by atomic mass is 10.4. The van der Waals surface area contributed by atoms with Crippen LogP contribution >= 0.6 is 39.5 Å². The minimum absolute atomic E-state index is 0. The highest BCUT2D eigenvalue weighted by atomic mass is 79.9. The van der Waals surface area contributed by atoms with E-state index in [4.69, 9.17) is 0 Å². The molecule has 1 unspecified atom stereocenters. The first-order chi connectivity index (χ1) is 7.40. The fourth-order valence-electron chi connectivity index (χ4n) is 1.94. The zero-order valence-electron chi connectivity index (χ0n) is 9.65. The molecule has 2 rings (SSSR count). The lowest BCUT2D eigenvalue weighted by Crippen LogP contribution is -3.00. The van der Waals surface area contributed by atoms with E-state index in [1.807, 2.05) is 0 Å². The van der Waals surface area contributed by atoms with Gasteiger partial charge in [-0.25, -0.2) is 13.0 Å². The van der Waals surface area contributed by atoms with Crippen LogP contribution in [0.15, 0.2) is 0 Å². The van der Waals surface area contributed by atoms with Gasteiger partial charge in [0.05, 0.1) is 16.8 Å². The summed E-state index contributed by atoms with van der Waals surface area (Å²) in [5, 5.41) is 0.165. The topological polar surface area (TPSA) is 37.1 Å². The normalized spacial score (nSPS) is 34.3. The third-order valence-electron chi connectivity index (χ3n) is 2.82. The highest BCUT2D eigenvalue weighted by Crippen LogP contribution is 2.56. The molecule has 0 N–H and O–H groups in total. The summed E-state index contributed by atoms with van der Waals surface area (Å²) >= 11 is 7.04. The zero-order valence-corrected chi connectivity index (χ0v) is 15.3. The molecule has 2 aliphatic heterocycles. The van der Waals surface area contributed by atoms with Gasteiger partial charge in [-0.3, -0.25) is 0 Å². The van der Waals surface area contributed by atoms with Gasteiger partial charge in [0, 0.05) is 0 Å². The van der Waals surface area contributed by atoms with E-state index < -0.39 is 9.84 Å². The molecule has 3 nitrogen and oxygen atoms in total. The third kappa shape index (κ3) is 3.24. The number of halogens is 2. The van der Waals surface area contributed by atoms with Crippen LogP contribution in [0.25, 0.3) is 0 Å². The van der Waals surface area contributed by atoms with Gasteiger partial charge >= 0.3 is 0 Å². The minimum Gasteiger partial charge on any atom is -1.00 e. The fourth-order valence-corrected chi connectivity index (χ4v) is 11.0. The molecule has 0 aliphatic carbocycles. The van der Waals surface area contributed by atoms with Crippen molar-refractivity contribution in [3.05, 3.63) is 0 Å². The molecule has 2 saturated heterocycles. The predicted octanol–water partition coefficient (Wildman–Crippen LogP) is -1.23. The Morgan fingerprint density at radius 3 is 2.53 bits per heavy atom. The highest BCUT2D eigenvalue weighted by molar-refractivity contribution is 9.12. The smallest absolute Gasteiger partial charge is 0.271 e. The average Bonchev–Trinajstić information content (AvgIpc) is 2.53. The molecule has 8 heteroatoms. The molecule has 17 heavy (non-hydrogen) atoms. The Morgan fingerprint density at radius 2 is 2.06 bits per heavy atom. The van der Waals surface area contributed by atoms with Crippen LogP contribution in [0.2, 0.25) is 0 Å². The van der Waals surface area contributed by atoms with Crippen LogP contribution in [0.4, 0.5) is 0 Å². The van der Waals surface area contributed by atoms with Gasteiger partial charge in [0.25, 0.3) is 4.38 Å².